The van der Waals surface area contributed by atoms with E-state index in [-0.39, 0.29) is 5.69 Å². The zero-order valence-corrected chi connectivity index (χ0v) is 10.8. The lowest BCUT2D eigenvalue weighted by molar-refractivity contribution is -0.384. The van der Waals surface area contributed by atoms with Crippen LogP contribution in [0.3, 0.4) is 0 Å². The second kappa shape index (κ2) is 4.85. The Labute approximate surface area is 110 Å². The van der Waals surface area contributed by atoms with Crippen molar-refractivity contribution in [3.05, 3.63) is 51.3 Å². The first-order valence-corrected chi connectivity index (χ1v) is 6.15. The minimum absolute atomic E-state index is 0.0569. The van der Waals surface area contributed by atoms with Crippen LogP contribution in [0.5, 0.6) is 0 Å². The molecular formula is C10H7BrClN3O2. The zero-order valence-electron chi connectivity index (χ0n) is 8.51. The highest BCUT2D eigenvalue weighted by Crippen LogP contribution is 2.23. The van der Waals surface area contributed by atoms with Crippen molar-refractivity contribution < 1.29 is 4.92 Å². The van der Waals surface area contributed by atoms with Gasteiger partial charge in [0.15, 0.2) is 0 Å². The van der Waals surface area contributed by atoms with Gasteiger partial charge in [0.1, 0.15) is 0 Å². The summed E-state index contributed by atoms with van der Waals surface area (Å²) in [5.74, 6) is 0. The van der Waals surface area contributed by atoms with Crippen LogP contribution in [0.2, 0.25) is 5.02 Å². The van der Waals surface area contributed by atoms with Gasteiger partial charge in [-0.25, -0.2) is 4.68 Å². The van der Waals surface area contributed by atoms with E-state index >= 15 is 0 Å². The molecule has 5 nitrogen and oxygen atoms in total. The molecule has 7 heteroatoms. The molecule has 2 rings (SSSR count). The number of alkyl halides is 1. The summed E-state index contributed by atoms with van der Waals surface area (Å²) in [7, 11) is 0. The molecular weight excluding hydrogens is 309 g/mol. The maximum absolute atomic E-state index is 10.7. The minimum Gasteiger partial charge on any atom is -0.258 e. The molecule has 0 unspecified atom stereocenters. The van der Waals surface area contributed by atoms with Crippen molar-refractivity contribution in [2.75, 3.05) is 0 Å². The van der Waals surface area contributed by atoms with Gasteiger partial charge in [0.2, 0.25) is 0 Å². The molecule has 0 aliphatic carbocycles. The number of benzene rings is 1. The van der Waals surface area contributed by atoms with Gasteiger partial charge < -0.3 is 0 Å². The Hall–Kier alpha value is -1.40. The Morgan fingerprint density at radius 2 is 2.29 bits per heavy atom. The third-order valence-electron chi connectivity index (χ3n) is 2.22. The molecule has 0 saturated heterocycles. The Balaban J connectivity index is 2.51. The monoisotopic (exact) mass is 315 g/mol. The van der Waals surface area contributed by atoms with Gasteiger partial charge >= 0.3 is 0 Å². The molecule has 0 aliphatic rings. The van der Waals surface area contributed by atoms with Crippen LogP contribution in [0.25, 0.3) is 5.69 Å². The minimum atomic E-state index is -0.425. The number of rotatable bonds is 3. The van der Waals surface area contributed by atoms with Crippen molar-refractivity contribution in [2.24, 2.45) is 0 Å². The predicted octanol–water partition coefficient (Wildman–Crippen LogP) is 3.33. The van der Waals surface area contributed by atoms with E-state index in [0.29, 0.717) is 10.4 Å². The van der Waals surface area contributed by atoms with E-state index in [9.17, 15) is 10.1 Å². The molecule has 0 spiro atoms. The van der Waals surface area contributed by atoms with E-state index in [4.69, 9.17) is 11.6 Å². The average Bonchev–Trinajstić information content (AvgIpc) is 2.74. The molecule has 0 amide bonds. The lowest BCUT2D eigenvalue weighted by atomic mass is 10.2. The SMILES string of the molecule is O=[N+]([O-])c1ccc(-n2cc(Cl)cn2)c(CBr)c1. The van der Waals surface area contributed by atoms with Gasteiger partial charge in [-0.3, -0.25) is 10.1 Å². The first kappa shape index (κ1) is 12.1. The van der Waals surface area contributed by atoms with E-state index in [1.165, 1.54) is 18.3 Å². The highest BCUT2D eigenvalue weighted by molar-refractivity contribution is 9.08. The van der Waals surface area contributed by atoms with E-state index in [1.54, 1.807) is 16.9 Å². The van der Waals surface area contributed by atoms with Gasteiger partial charge in [-0.2, -0.15) is 5.10 Å². The van der Waals surface area contributed by atoms with Crippen LogP contribution in [0.4, 0.5) is 5.69 Å². The predicted molar refractivity (Wildman–Crippen MR) is 67.9 cm³/mol. The normalized spacial score (nSPS) is 10.5. The second-order valence-corrected chi connectivity index (χ2v) is 4.30. The lowest BCUT2D eigenvalue weighted by Gasteiger charge is -2.06. The topological polar surface area (TPSA) is 61.0 Å². The molecule has 0 saturated carbocycles. The third kappa shape index (κ3) is 2.48. The fraction of sp³-hybridized carbons (Fsp3) is 0.100. The highest BCUT2D eigenvalue weighted by atomic mass is 79.9. The summed E-state index contributed by atoms with van der Waals surface area (Å²) in [6.07, 6.45) is 3.16. The first-order chi connectivity index (χ1) is 8.11. The van der Waals surface area contributed by atoms with E-state index in [0.717, 1.165) is 11.3 Å². The van der Waals surface area contributed by atoms with Crippen LogP contribution < -0.4 is 0 Å². The summed E-state index contributed by atoms with van der Waals surface area (Å²) < 4.78 is 1.59. The molecule has 88 valence electrons. The number of aromatic nitrogens is 2. The third-order valence-corrected chi connectivity index (χ3v) is 3.02. The van der Waals surface area contributed by atoms with Crippen LogP contribution in [-0.4, -0.2) is 14.7 Å². The Morgan fingerprint density at radius 3 is 2.82 bits per heavy atom. The first-order valence-electron chi connectivity index (χ1n) is 4.65. The highest BCUT2D eigenvalue weighted by Gasteiger charge is 2.11. The maximum Gasteiger partial charge on any atom is 0.269 e. The number of non-ortho nitro benzene ring substituents is 1. The van der Waals surface area contributed by atoms with Crippen molar-refractivity contribution in [1.82, 2.24) is 9.78 Å². The van der Waals surface area contributed by atoms with Gasteiger partial charge in [-0.05, 0) is 11.6 Å². The average molecular weight is 317 g/mol. The molecule has 0 aliphatic heterocycles. The number of hydrogen-bond donors (Lipinski definition) is 0. The molecule has 0 radical (unpaired) electrons. The van der Waals surface area contributed by atoms with Crippen LogP contribution >= 0.6 is 27.5 Å². The number of halogens is 2. The van der Waals surface area contributed by atoms with Gasteiger partial charge in [-0.1, -0.05) is 27.5 Å². The zero-order chi connectivity index (χ0) is 12.4. The molecule has 1 heterocycles. The quantitative estimate of drug-likeness (QED) is 0.496. The van der Waals surface area contributed by atoms with E-state index in [1.807, 2.05) is 0 Å². The van der Waals surface area contributed by atoms with Crippen LogP contribution in [-0.2, 0) is 5.33 Å². The molecule has 2 aromatic rings. The molecule has 1 aromatic carbocycles. The summed E-state index contributed by atoms with van der Waals surface area (Å²) in [6.45, 7) is 0. The maximum atomic E-state index is 10.7. The molecule has 0 atom stereocenters. The van der Waals surface area contributed by atoms with Gasteiger partial charge in [0.25, 0.3) is 5.69 Å². The van der Waals surface area contributed by atoms with Gasteiger partial charge in [0, 0.05) is 23.7 Å². The van der Waals surface area contributed by atoms with Crippen molar-refractivity contribution in [3.63, 3.8) is 0 Å². The number of nitrogens with zero attached hydrogens (tertiary/aromatic N) is 3. The smallest absolute Gasteiger partial charge is 0.258 e. The Bertz CT molecular complexity index is 570. The summed E-state index contributed by atoms with van der Waals surface area (Å²) in [5, 5.41) is 15.7. The number of nitro groups is 1. The second-order valence-electron chi connectivity index (χ2n) is 3.31. The molecule has 0 fully saturated rings. The van der Waals surface area contributed by atoms with Gasteiger partial charge in [0.05, 0.1) is 21.8 Å². The largest absolute Gasteiger partial charge is 0.269 e. The van der Waals surface area contributed by atoms with E-state index in [2.05, 4.69) is 21.0 Å². The van der Waals surface area contributed by atoms with Crippen LogP contribution in [0.1, 0.15) is 5.56 Å². The fourth-order valence-electron chi connectivity index (χ4n) is 1.45. The summed E-state index contributed by atoms with van der Waals surface area (Å²) in [4.78, 5) is 10.2. The summed E-state index contributed by atoms with van der Waals surface area (Å²) in [5.41, 5.74) is 1.60. The molecule has 17 heavy (non-hydrogen) atoms. The Morgan fingerprint density at radius 1 is 1.53 bits per heavy atom. The standard InChI is InChI=1S/C10H7BrClN3O2/c11-4-7-3-9(15(16)17)1-2-10(7)14-6-8(12)5-13-14/h1-3,5-6H,4H2. The molecule has 1 aromatic heterocycles. The van der Waals surface area contributed by atoms with Crippen molar-refractivity contribution in [2.45, 2.75) is 5.33 Å². The van der Waals surface area contributed by atoms with Crippen LogP contribution in [0.15, 0.2) is 30.6 Å². The number of hydrogen-bond acceptors (Lipinski definition) is 3. The summed E-state index contributed by atoms with van der Waals surface area (Å²) >= 11 is 9.08. The van der Waals surface area contributed by atoms with E-state index < -0.39 is 4.92 Å². The van der Waals surface area contributed by atoms with Gasteiger partial charge in [-0.15, -0.1) is 0 Å². The lowest BCUT2D eigenvalue weighted by Crippen LogP contribution is -2.00. The molecule has 0 bridgehead atoms. The number of nitro benzene ring substituents is 1. The summed E-state index contributed by atoms with van der Waals surface area (Å²) in [6, 6.07) is 4.61. The molecule has 0 N–H and O–H groups in total. The van der Waals surface area contributed by atoms with Crippen molar-refractivity contribution in [3.8, 4) is 5.69 Å². The van der Waals surface area contributed by atoms with Crippen molar-refractivity contribution in [1.29, 1.82) is 0 Å². The Kier molecular flexibility index (Phi) is 3.44. The van der Waals surface area contributed by atoms with Crippen molar-refractivity contribution >= 4 is 33.2 Å². The van der Waals surface area contributed by atoms with Crippen LogP contribution in [0, 0.1) is 10.1 Å². The fourth-order valence-corrected chi connectivity index (χ4v) is 2.03.